The van der Waals surface area contributed by atoms with Crippen LogP contribution >= 0.6 is 9.47 Å². The van der Waals surface area contributed by atoms with E-state index in [0.29, 0.717) is 13.0 Å². The molecule has 0 aromatic heterocycles. The molecule has 0 saturated carbocycles. The second-order valence-corrected chi connectivity index (χ2v) is 1.42. The van der Waals surface area contributed by atoms with E-state index in [1.807, 2.05) is 9.47 Å². The Hall–Kier alpha value is -0.140. The molecule has 1 atom stereocenters. The molecule has 0 aliphatic carbocycles. The molecule has 0 spiro atoms. The number of hydrogen-bond acceptors (Lipinski definition) is 2. The predicted molar refractivity (Wildman–Crippen MR) is 29.5 cm³/mol. The van der Waals surface area contributed by atoms with Crippen molar-refractivity contribution in [2.45, 2.75) is 6.42 Å². The molecule has 42 valence electrons. The third-order valence-corrected chi connectivity index (χ3v) is 0.702. The highest BCUT2D eigenvalue weighted by Gasteiger charge is 1.88. The fraction of sp³-hybridized carbons (Fsp3) is 0.667. The van der Waals surface area contributed by atoms with Crippen LogP contribution in [0, 0.1) is 0 Å². The maximum atomic E-state index is 9.89. The quantitative estimate of drug-likeness (QED) is 0.519. The number of rotatable bonds is 3. The van der Waals surface area contributed by atoms with Crippen molar-refractivity contribution in [3.8, 4) is 0 Å². The first kappa shape index (κ1) is 6.86. The molecule has 1 amide bonds. The SMILES string of the molecule is NC(=O)CCOP. The predicted octanol–water partition coefficient (Wildman–Crippen LogP) is -0.332. The molecule has 0 aromatic carbocycles. The Morgan fingerprint density at radius 2 is 2.43 bits per heavy atom. The number of nitrogens with two attached hydrogens (primary N) is 1. The summed E-state index contributed by atoms with van der Waals surface area (Å²) < 4.78 is 4.47. The van der Waals surface area contributed by atoms with E-state index in [1.54, 1.807) is 0 Å². The zero-order valence-corrected chi connectivity index (χ0v) is 5.04. The van der Waals surface area contributed by atoms with Crippen LogP contribution in [0.3, 0.4) is 0 Å². The first-order valence-electron chi connectivity index (χ1n) is 1.87. The van der Waals surface area contributed by atoms with E-state index >= 15 is 0 Å². The minimum Gasteiger partial charge on any atom is -0.370 e. The van der Waals surface area contributed by atoms with E-state index < -0.39 is 0 Å². The highest BCUT2D eigenvalue weighted by Crippen LogP contribution is 1.85. The summed E-state index contributed by atoms with van der Waals surface area (Å²) in [5.74, 6) is -0.331. The molecule has 0 aliphatic rings. The molecule has 7 heavy (non-hydrogen) atoms. The van der Waals surface area contributed by atoms with Crippen molar-refractivity contribution >= 4 is 15.4 Å². The Bertz CT molecular complexity index is 66.0. The van der Waals surface area contributed by atoms with Crippen molar-refractivity contribution < 1.29 is 9.32 Å². The Morgan fingerprint density at radius 1 is 1.86 bits per heavy atom. The molecule has 2 N–H and O–H groups in total. The van der Waals surface area contributed by atoms with Crippen molar-refractivity contribution in [2.24, 2.45) is 5.73 Å². The fourth-order valence-electron chi connectivity index (χ4n) is 0.160. The minimum absolute atomic E-state index is 0.295. The van der Waals surface area contributed by atoms with Gasteiger partial charge in [0.2, 0.25) is 5.91 Å². The summed E-state index contributed by atoms with van der Waals surface area (Å²) in [4.78, 5) is 9.89. The van der Waals surface area contributed by atoms with Crippen molar-refractivity contribution in [3.63, 3.8) is 0 Å². The van der Waals surface area contributed by atoms with Gasteiger partial charge in [0.1, 0.15) is 0 Å². The molecule has 4 heteroatoms. The second kappa shape index (κ2) is 4.03. The van der Waals surface area contributed by atoms with Gasteiger partial charge in [-0.3, -0.25) is 4.79 Å². The number of primary amides is 1. The van der Waals surface area contributed by atoms with Crippen LogP contribution in [-0.4, -0.2) is 12.5 Å². The molecule has 0 saturated heterocycles. The monoisotopic (exact) mass is 121 g/mol. The highest BCUT2D eigenvalue weighted by molar-refractivity contribution is 7.09. The van der Waals surface area contributed by atoms with Gasteiger partial charge in [-0.15, -0.1) is 0 Å². The third-order valence-electron chi connectivity index (χ3n) is 0.466. The van der Waals surface area contributed by atoms with Crippen LogP contribution < -0.4 is 5.73 Å². The zero-order valence-electron chi connectivity index (χ0n) is 3.89. The van der Waals surface area contributed by atoms with Gasteiger partial charge in [-0.05, 0) is 0 Å². The van der Waals surface area contributed by atoms with Crippen LogP contribution in [0.15, 0.2) is 0 Å². The first-order valence-corrected chi connectivity index (χ1v) is 2.34. The van der Waals surface area contributed by atoms with Crippen LogP contribution in [0.5, 0.6) is 0 Å². The second-order valence-electron chi connectivity index (χ2n) is 1.09. The van der Waals surface area contributed by atoms with Gasteiger partial charge in [0.15, 0.2) is 0 Å². The van der Waals surface area contributed by atoms with E-state index in [0.717, 1.165) is 0 Å². The standard InChI is InChI=1S/C3H8NO2P/c4-3(5)1-2-6-7/h1-2,7H2,(H2,4,5). The normalized spacial score (nSPS) is 8.71. The lowest BCUT2D eigenvalue weighted by Gasteiger charge is -1.89. The summed E-state index contributed by atoms with van der Waals surface area (Å²) in [6.07, 6.45) is 0.295. The average Bonchev–Trinajstić information content (AvgIpc) is 1.61. The maximum Gasteiger partial charge on any atom is 0.219 e. The molecule has 0 aromatic rings. The van der Waals surface area contributed by atoms with Gasteiger partial charge in [0.05, 0.1) is 13.0 Å². The van der Waals surface area contributed by atoms with Gasteiger partial charge in [-0.1, -0.05) is 0 Å². The van der Waals surface area contributed by atoms with Gasteiger partial charge >= 0.3 is 0 Å². The van der Waals surface area contributed by atoms with Crippen LogP contribution in [0.4, 0.5) is 0 Å². The lowest BCUT2D eigenvalue weighted by atomic mass is 10.4. The van der Waals surface area contributed by atoms with Crippen molar-refractivity contribution in [3.05, 3.63) is 0 Å². The molecular weight excluding hydrogens is 113 g/mol. The first-order chi connectivity index (χ1) is 3.27. The van der Waals surface area contributed by atoms with E-state index in [4.69, 9.17) is 5.73 Å². The summed E-state index contributed by atoms with van der Waals surface area (Å²) in [7, 11) is 2.04. The van der Waals surface area contributed by atoms with Crippen LogP contribution in [-0.2, 0) is 9.32 Å². The highest BCUT2D eigenvalue weighted by atomic mass is 31.0. The molecule has 0 heterocycles. The average molecular weight is 121 g/mol. The summed E-state index contributed by atoms with van der Waals surface area (Å²) in [6.45, 7) is 0.389. The molecule has 3 nitrogen and oxygen atoms in total. The maximum absolute atomic E-state index is 9.89. The number of carbonyl (C=O) groups excluding carboxylic acids is 1. The van der Waals surface area contributed by atoms with Gasteiger partial charge in [-0.2, -0.15) is 0 Å². The molecule has 0 radical (unpaired) electrons. The molecular formula is C3H8NO2P. The molecule has 0 aliphatic heterocycles. The smallest absolute Gasteiger partial charge is 0.219 e. The Balaban J connectivity index is 2.82. The lowest BCUT2D eigenvalue weighted by molar-refractivity contribution is -0.118. The largest absolute Gasteiger partial charge is 0.370 e. The van der Waals surface area contributed by atoms with Crippen molar-refractivity contribution in [1.82, 2.24) is 0 Å². The van der Waals surface area contributed by atoms with Gasteiger partial charge < -0.3 is 10.3 Å². The molecule has 0 fully saturated rings. The summed E-state index contributed by atoms with van der Waals surface area (Å²) in [6, 6.07) is 0. The van der Waals surface area contributed by atoms with Crippen LogP contribution in [0.25, 0.3) is 0 Å². The topological polar surface area (TPSA) is 52.3 Å². The van der Waals surface area contributed by atoms with Crippen LogP contribution in [0.2, 0.25) is 0 Å². The summed E-state index contributed by atoms with van der Waals surface area (Å²) >= 11 is 0. The lowest BCUT2D eigenvalue weighted by Crippen LogP contribution is -2.11. The van der Waals surface area contributed by atoms with E-state index in [-0.39, 0.29) is 5.91 Å². The molecule has 0 rings (SSSR count). The number of amides is 1. The Kier molecular flexibility index (Phi) is 3.95. The zero-order chi connectivity index (χ0) is 5.70. The fourth-order valence-corrected chi connectivity index (χ4v) is 0.277. The van der Waals surface area contributed by atoms with Crippen LogP contribution in [0.1, 0.15) is 6.42 Å². The minimum atomic E-state index is -0.331. The summed E-state index contributed by atoms with van der Waals surface area (Å²) in [5, 5.41) is 0. The Labute approximate surface area is 44.5 Å². The number of carbonyl (C=O) groups is 1. The van der Waals surface area contributed by atoms with E-state index in [1.165, 1.54) is 0 Å². The van der Waals surface area contributed by atoms with Gasteiger partial charge in [-0.25, -0.2) is 0 Å². The van der Waals surface area contributed by atoms with E-state index in [2.05, 4.69) is 4.52 Å². The molecule has 1 unspecified atom stereocenters. The van der Waals surface area contributed by atoms with Gasteiger partial charge in [0.25, 0.3) is 0 Å². The third kappa shape index (κ3) is 5.86. The van der Waals surface area contributed by atoms with Crippen molar-refractivity contribution in [1.29, 1.82) is 0 Å². The number of hydrogen-bond donors (Lipinski definition) is 1. The molecule has 0 bridgehead atoms. The van der Waals surface area contributed by atoms with E-state index in [9.17, 15) is 4.79 Å². The van der Waals surface area contributed by atoms with Crippen molar-refractivity contribution in [2.75, 3.05) is 6.61 Å². The summed E-state index contributed by atoms with van der Waals surface area (Å²) in [5.41, 5.74) is 4.75. The van der Waals surface area contributed by atoms with Gasteiger partial charge in [0, 0.05) is 9.47 Å². The Morgan fingerprint density at radius 3 is 2.57 bits per heavy atom.